The number of carbonyl (C=O) groups excluding carboxylic acids is 1. The molecular weight excluding hydrogens is 290 g/mol. The average molecular weight is 317 g/mol. The van der Waals surface area contributed by atoms with Gasteiger partial charge in [0.1, 0.15) is 6.10 Å². The summed E-state index contributed by atoms with van der Waals surface area (Å²) in [7, 11) is 0. The molecule has 2 fully saturated rings. The molecule has 1 aromatic rings. The number of amides is 1. The molecule has 2 N–H and O–H groups in total. The Morgan fingerprint density at radius 3 is 2.74 bits per heavy atom. The summed E-state index contributed by atoms with van der Waals surface area (Å²) >= 11 is 0. The number of morpholine rings is 1. The Labute approximate surface area is 138 Å². The van der Waals surface area contributed by atoms with Crippen LogP contribution >= 0.6 is 0 Å². The summed E-state index contributed by atoms with van der Waals surface area (Å²) in [5.41, 5.74) is 1.46. The van der Waals surface area contributed by atoms with Crippen molar-refractivity contribution in [1.29, 1.82) is 0 Å². The van der Waals surface area contributed by atoms with E-state index in [0.29, 0.717) is 25.6 Å². The molecule has 2 saturated heterocycles. The maximum Gasteiger partial charge on any atom is 0.250 e. The third kappa shape index (κ3) is 4.77. The van der Waals surface area contributed by atoms with E-state index in [1.165, 1.54) is 18.4 Å². The van der Waals surface area contributed by atoms with Crippen molar-refractivity contribution in [2.24, 2.45) is 0 Å². The van der Waals surface area contributed by atoms with Crippen molar-refractivity contribution in [3.8, 4) is 0 Å². The van der Waals surface area contributed by atoms with Crippen LogP contribution in [0.5, 0.6) is 0 Å². The van der Waals surface area contributed by atoms with Gasteiger partial charge in [0.05, 0.1) is 6.61 Å². The van der Waals surface area contributed by atoms with Crippen LogP contribution in [0.4, 0.5) is 0 Å². The second-order valence-corrected chi connectivity index (χ2v) is 6.38. The van der Waals surface area contributed by atoms with Gasteiger partial charge in [0.15, 0.2) is 0 Å². The molecule has 0 saturated carbocycles. The summed E-state index contributed by atoms with van der Waals surface area (Å²) in [6, 6.07) is 10.8. The number of benzene rings is 1. The van der Waals surface area contributed by atoms with Crippen LogP contribution in [-0.4, -0.2) is 62.8 Å². The molecule has 2 heterocycles. The van der Waals surface area contributed by atoms with Gasteiger partial charge in [-0.2, -0.15) is 0 Å². The quantitative estimate of drug-likeness (QED) is 0.850. The Kier molecular flexibility index (Phi) is 6.02. The normalized spacial score (nSPS) is 23.6. The van der Waals surface area contributed by atoms with Crippen molar-refractivity contribution >= 4 is 5.91 Å². The number of nitrogens with one attached hydrogen (secondary N) is 2. The molecule has 0 radical (unpaired) electrons. The number of hydrogen-bond donors (Lipinski definition) is 2. The van der Waals surface area contributed by atoms with Gasteiger partial charge >= 0.3 is 0 Å². The highest BCUT2D eigenvalue weighted by atomic mass is 16.5. The molecule has 23 heavy (non-hydrogen) atoms. The van der Waals surface area contributed by atoms with E-state index in [4.69, 9.17) is 4.74 Å². The van der Waals surface area contributed by atoms with Gasteiger partial charge in [-0.15, -0.1) is 0 Å². The molecular formula is C18H27N3O2. The minimum absolute atomic E-state index is 0.0105. The first-order valence-electron chi connectivity index (χ1n) is 8.70. The molecule has 2 aliphatic heterocycles. The minimum Gasteiger partial charge on any atom is -0.366 e. The summed E-state index contributed by atoms with van der Waals surface area (Å²) < 4.78 is 5.46. The lowest BCUT2D eigenvalue weighted by Crippen LogP contribution is -2.49. The van der Waals surface area contributed by atoms with Crippen molar-refractivity contribution in [3.63, 3.8) is 0 Å². The molecule has 0 aliphatic carbocycles. The fourth-order valence-corrected chi connectivity index (χ4v) is 3.40. The molecule has 0 unspecified atom stereocenters. The first-order chi connectivity index (χ1) is 11.3. The number of hydrogen-bond acceptors (Lipinski definition) is 4. The van der Waals surface area contributed by atoms with E-state index in [9.17, 15) is 4.79 Å². The summed E-state index contributed by atoms with van der Waals surface area (Å²) in [5.74, 6) is 0.695. The monoisotopic (exact) mass is 317 g/mol. The van der Waals surface area contributed by atoms with Crippen molar-refractivity contribution in [2.75, 3.05) is 45.9 Å². The second kappa shape index (κ2) is 8.43. The fourth-order valence-electron chi connectivity index (χ4n) is 3.40. The molecule has 3 rings (SSSR count). The van der Waals surface area contributed by atoms with E-state index in [1.54, 1.807) is 0 Å². The van der Waals surface area contributed by atoms with Crippen LogP contribution in [0.3, 0.4) is 0 Å². The van der Waals surface area contributed by atoms with E-state index in [2.05, 4.69) is 45.9 Å². The van der Waals surface area contributed by atoms with E-state index < -0.39 is 0 Å². The van der Waals surface area contributed by atoms with Crippen LogP contribution < -0.4 is 10.6 Å². The van der Waals surface area contributed by atoms with Crippen LogP contribution in [0, 0.1) is 0 Å². The van der Waals surface area contributed by atoms with E-state index >= 15 is 0 Å². The Bertz CT molecular complexity index is 480. The zero-order chi connectivity index (χ0) is 15.9. The largest absolute Gasteiger partial charge is 0.366 e. The van der Waals surface area contributed by atoms with Crippen LogP contribution in [0.1, 0.15) is 24.3 Å². The van der Waals surface area contributed by atoms with Gasteiger partial charge in [-0.1, -0.05) is 30.3 Å². The third-order valence-electron chi connectivity index (χ3n) is 4.81. The smallest absolute Gasteiger partial charge is 0.250 e. The molecule has 5 nitrogen and oxygen atoms in total. The standard InChI is InChI=1S/C18H27N3O2/c22-18(17-14-19-9-13-23-17)20-8-12-21-10-6-16(7-11-21)15-4-2-1-3-5-15/h1-5,16-17,19H,6-14H2,(H,20,22)/t17-/m1/s1. The molecule has 126 valence electrons. The molecule has 1 atom stereocenters. The maximum absolute atomic E-state index is 12.0. The second-order valence-electron chi connectivity index (χ2n) is 6.38. The minimum atomic E-state index is -0.326. The van der Waals surface area contributed by atoms with Crippen molar-refractivity contribution in [1.82, 2.24) is 15.5 Å². The molecule has 5 heteroatoms. The average Bonchev–Trinajstić information content (AvgIpc) is 2.64. The lowest BCUT2D eigenvalue weighted by molar-refractivity contribution is -0.134. The van der Waals surface area contributed by atoms with Crippen LogP contribution in [0.2, 0.25) is 0 Å². The zero-order valence-electron chi connectivity index (χ0n) is 13.7. The van der Waals surface area contributed by atoms with Gasteiger partial charge < -0.3 is 20.3 Å². The van der Waals surface area contributed by atoms with Crippen LogP contribution in [0.25, 0.3) is 0 Å². The Morgan fingerprint density at radius 1 is 1.26 bits per heavy atom. The number of rotatable bonds is 5. The van der Waals surface area contributed by atoms with Gasteiger partial charge in [0, 0.05) is 26.2 Å². The summed E-state index contributed by atoms with van der Waals surface area (Å²) in [6.45, 7) is 5.91. The van der Waals surface area contributed by atoms with Gasteiger partial charge in [-0.3, -0.25) is 4.79 Å². The van der Waals surface area contributed by atoms with Crippen molar-refractivity contribution in [2.45, 2.75) is 24.9 Å². The van der Waals surface area contributed by atoms with Crippen molar-refractivity contribution < 1.29 is 9.53 Å². The Balaban J connectivity index is 1.34. The Hall–Kier alpha value is -1.43. The summed E-state index contributed by atoms with van der Waals surface area (Å²) in [5, 5.41) is 6.18. The van der Waals surface area contributed by atoms with Gasteiger partial charge in [0.2, 0.25) is 0 Å². The number of nitrogens with zero attached hydrogens (tertiary/aromatic N) is 1. The molecule has 1 aromatic carbocycles. The van der Waals surface area contributed by atoms with E-state index in [0.717, 1.165) is 26.2 Å². The van der Waals surface area contributed by atoms with Crippen LogP contribution in [0.15, 0.2) is 30.3 Å². The molecule has 0 aromatic heterocycles. The first kappa shape index (κ1) is 16.4. The Morgan fingerprint density at radius 2 is 2.04 bits per heavy atom. The number of likely N-dealkylation sites (tertiary alicyclic amines) is 1. The highest BCUT2D eigenvalue weighted by Gasteiger charge is 2.22. The first-order valence-corrected chi connectivity index (χ1v) is 8.70. The third-order valence-corrected chi connectivity index (χ3v) is 4.81. The SMILES string of the molecule is O=C(NCCN1CCC(c2ccccc2)CC1)[C@H]1CNCCO1. The fraction of sp³-hybridized carbons (Fsp3) is 0.611. The summed E-state index contributed by atoms with van der Waals surface area (Å²) in [6.07, 6.45) is 2.08. The maximum atomic E-state index is 12.0. The highest BCUT2D eigenvalue weighted by Crippen LogP contribution is 2.27. The van der Waals surface area contributed by atoms with E-state index in [-0.39, 0.29) is 12.0 Å². The highest BCUT2D eigenvalue weighted by molar-refractivity contribution is 5.81. The number of carbonyl (C=O) groups is 1. The van der Waals surface area contributed by atoms with Gasteiger partial charge in [0.25, 0.3) is 5.91 Å². The number of ether oxygens (including phenoxy) is 1. The number of piperidine rings is 1. The molecule has 2 aliphatic rings. The molecule has 0 bridgehead atoms. The lowest BCUT2D eigenvalue weighted by atomic mass is 9.89. The van der Waals surface area contributed by atoms with Gasteiger partial charge in [-0.05, 0) is 37.4 Å². The molecule has 0 spiro atoms. The topological polar surface area (TPSA) is 53.6 Å². The molecule has 1 amide bonds. The lowest BCUT2D eigenvalue weighted by Gasteiger charge is -2.32. The summed E-state index contributed by atoms with van der Waals surface area (Å²) in [4.78, 5) is 14.4. The predicted molar refractivity (Wildman–Crippen MR) is 90.5 cm³/mol. The van der Waals surface area contributed by atoms with Crippen LogP contribution in [-0.2, 0) is 9.53 Å². The van der Waals surface area contributed by atoms with E-state index in [1.807, 2.05) is 0 Å². The van der Waals surface area contributed by atoms with Gasteiger partial charge in [-0.25, -0.2) is 0 Å². The predicted octanol–water partition coefficient (Wildman–Crippen LogP) is 0.971. The van der Waals surface area contributed by atoms with Crippen molar-refractivity contribution in [3.05, 3.63) is 35.9 Å². The zero-order valence-corrected chi connectivity index (χ0v) is 13.7.